The van der Waals surface area contributed by atoms with Crippen LogP contribution in [0.2, 0.25) is 0 Å². The van der Waals surface area contributed by atoms with Gasteiger partial charge in [-0.05, 0) is 56.6 Å². The van der Waals surface area contributed by atoms with Crippen LogP contribution in [0.1, 0.15) is 25.3 Å². The molecular weight excluding hydrogens is 252 g/mol. The minimum atomic E-state index is 0.353. The van der Waals surface area contributed by atoms with E-state index in [-0.39, 0.29) is 0 Å². The van der Waals surface area contributed by atoms with Gasteiger partial charge in [-0.2, -0.15) is 0 Å². The number of hydrogen-bond acceptors (Lipinski definition) is 4. The molecule has 1 atom stereocenters. The number of aromatic hydroxyl groups is 1. The highest BCUT2D eigenvalue weighted by atomic mass is 16.5. The zero-order valence-electron chi connectivity index (χ0n) is 12.6. The molecule has 1 fully saturated rings. The molecule has 1 unspecified atom stereocenters. The van der Waals surface area contributed by atoms with Gasteiger partial charge in [0, 0.05) is 18.7 Å². The summed E-state index contributed by atoms with van der Waals surface area (Å²) < 4.78 is 5.24. The molecule has 1 aliphatic heterocycles. The van der Waals surface area contributed by atoms with E-state index in [2.05, 4.69) is 17.1 Å². The lowest BCUT2D eigenvalue weighted by Crippen LogP contribution is -2.38. The third kappa shape index (κ3) is 4.12. The summed E-state index contributed by atoms with van der Waals surface area (Å²) in [5.41, 5.74) is 0.940. The van der Waals surface area contributed by atoms with Crippen molar-refractivity contribution in [2.24, 2.45) is 5.92 Å². The SMILES string of the molecule is CCN(Cc1cc(OC)ccc1O)CC1CCCNC1. The first-order valence-electron chi connectivity index (χ1n) is 7.52. The number of nitrogens with zero attached hydrogens (tertiary/aromatic N) is 1. The lowest BCUT2D eigenvalue weighted by molar-refractivity contribution is 0.207. The van der Waals surface area contributed by atoms with E-state index in [0.717, 1.165) is 50.0 Å². The van der Waals surface area contributed by atoms with Gasteiger partial charge in [0.15, 0.2) is 0 Å². The lowest BCUT2D eigenvalue weighted by Gasteiger charge is -2.29. The highest BCUT2D eigenvalue weighted by Crippen LogP contribution is 2.24. The maximum Gasteiger partial charge on any atom is 0.120 e. The molecule has 0 amide bonds. The van der Waals surface area contributed by atoms with Crippen molar-refractivity contribution in [1.82, 2.24) is 10.2 Å². The van der Waals surface area contributed by atoms with Crippen molar-refractivity contribution in [3.8, 4) is 11.5 Å². The molecule has 0 bridgehead atoms. The Bertz CT molecular complexity index is 417. The molecule has 0 aliphatic carbocycles. The highest BCUT2D eigenvalue weighted by molar-refractivity contribution is 5.39. The zero-order valence-corrected chi connectivity index (χ0v) is 12.6. The van der Waals surface area contributed by atoms with E-state index < -0.39 is 0 Å². The van der Waals surface area contributed by atoms with Gasteiger partial charge in [-0.15, -0.1) is 0 Å². The molecule has 2 N–H and O–H groups in total. The quantitative estimate of drug-likeness (QED) is 0.837. The third-order valence-corrected chi connectivity index (χ3v) is 4.04. The van der Waals surface area contributed by atoms with Crippen LogP contribution in [0.3, 0.4) is 0 Å². The second-order valence-corrected chi connectivity index (χ2v) is 5.53. The number of phenols is 1. The van der Waals surface area contributed by atoms with Crippen molar-refractivity contribution in [1.29, 1.82) is 0 Å². The van der Waals surface area contributed by atoms with Crippen LogP contribution in [-0.2, 0) is 6.54 Å². The van der Waals surface area contributed by atoms with E-state index in [4.69, 9.17) is 4.74 Å². The van der Waals surface area contributed by atoms with Gasteiger partial charge < -0.3 is 15.2 Å². The van der Waals surface area contributed by atoms with Crippen molar-refractivity contribution in [3.05, 3.63) is 23.8 Å². The molecule has 1 aromatic carbocycles. The molecule has 1 aromatic rings. The maximum absolute atomic E-state index is 9.99. The smallest absolute Gasteiger partial charge is 0.120 e. The van der Waals surface area contributed by atoms with Crippen LogP contribution < -0.4 is 10.1 Å². The number of nitrogens with one attached hydrogen (secondary N) is 1. The average Bonchev–Trinajstić information content (AvgIpc) is 2.49. The van der Waals surface area contributed by atoms with Crippen LogP contribution in [0.4, 0.5) is 0 Å². The Kier molecular flexibility index (Phi) is 5.68. The van der Waals surface area contributed by atoms with E-state index >= 15 is 0 Å². The number of piperidine rings is 1. The van der Waals surface area contributed by atoms with Crippen molar-refractivity contribution < 1.29 is 9.84 Å². The highest BCUT2D eigenvalue weighted by Gasteiger charge is 2.17. The Morgan fingerprint density at radius 1 is 1.45 bits per heavy atom. The fraction of sp³-hybridized carbons (Fsp3) is 0.625. The van der Waals surface area contributed by atoms with Gasteiger partial charge in [0.2, 0.25) is 0 Å². The Hall–Kier alpha value is -1.26. The first kappa shape index (κ1) is 15.1. The van der Waals surface area contributed by atoms with Crippen molar-refractivity contribution >= 4 is 0 Å². The van der Waals surface area contributed by atoms with Gasteiger partial charge >= 0.3 is 0 Å². The number of phenolic OH excluding ortho intramolecular Hbond substituents is 1. The summed E-state index contributed by atoms with van der Waals surface area (Å²) in [5, 5.41) is 13.4. The molecule has 2 rings (SSSR count). The topological polar surface area (TPSA) is 44.7 Å². The van der Waals surface area contributed by atoms with Crippen LogP contribution in [0.15, 0.2) is 18.2 Å². The van der Waals surface area contributed by atoms with Gasteiger partial charge in [0.25, 0.3) is 0 Å². The van der Waals surface area contributed by atoms with Crippen LogP contribution >= 0.6 is 0 Å². The number of hydrogen-bond donors (Lipinski definition) is 2. The molecule has 112 valence electrons. The summed E-state index contributed by atoms with van der Waals surface area (Å²) >= 11 is 0. The van der Waals surface area contributed by atoms with Crippen LogP contribution in [-0.4, -0.2) is 43.3 Å². The standard InChI is InChI=1S/C16H26N2O2/c1-3-18(11-13-5-4-8-17-10-13)12-14-9-15(20-2)6-7-16(14)19/h6-7,9,13,17,19H,3-5,8,10-12H2,1-2H3. The van der Waals surface area contributed by atoms with Crippen molar-refractivity contribution in [2.75, 3.05) is 33.3 Å². The summed E-state index contributed by atoms with van der Waals surface area (Å²) in [7, 11) is 1.65. The van der Waals surface area contributed by atoms with E-state index in [0.29, 0.717) is 5.75 Å². The largest absolute Gasteiger partial charge is 0.508 e. The van der Waals surface area contributed by atoms with Gasteiger partial charge in [0.05, 0.1) is 7.11 Å². The Morgan fingerprint density at radius 2 is 2.30 bits per heavy atom. The Balaban J connectivity index is 1.98. The summed E-state index contributed by atoms with van der Waals surface area (Å²) in [6.45, 7) is 7.29. The fourth-order valence-electron chi connectivity index (χ4n) is 2.81. The minimum Gasteiger partial charge on any atom is -0.508 e. The van der Waals surface area contributed by atoms with Gasteiger partial charge in [-0.1, -0.05) is 6.92 Å². The molecule has 0 saturated carbocycles. The molecule has 1 saturated heterocycles. The number of ether oxygens (including phenoxy) is 1. The first-order valence-corrected chi connectivity index (χ1v) is 7.52. The summed E-state index contributed by atoms with van der Waals surface area (Å²) in [5.74, 6) is 1.87. The van der Waals surface area contributed by atoms with Gasteiger partial charge in [-0.3, -0.25) is 4.90 Å². The molecule has 4 nitrogen and oxygen atoms in total. The minimum absolute atomic E-state index is 0.353. The average molecular weight is 278 g/mol. The predicted octanol–water partition coefficient (Wildman–Crippen LogP) is 2.22. The zero-order chi connectivity index (χ0) is 14.4. The predicted molar refractivity (Wildman–Crippen MR) is 81.2 cm³/mol. The van der Waals surface area contributed by atoms with Crippen LogP contribution in [0.25, 0.3) is 0 Å². The second kappa shape index (κ2) is 7.50. The first-order chi connectivity index (χ1) is 9.72. The van der Waals surface area contributed by atoms with Gasteiger partial charge in [-0.25, -0.2) is 0 Å². The van der Waals surface area contributed by atoms with Gasteiger partial charge in [0.1, 0.15) is 11.5 Å². The molecule has 1 heterocycles. The number of benzene rings is 1. The lowest BCUT2D eigenvalue weighted by atomic mass is 9.99. The molecule has 4 heteroatoms. The van der Waals surface area contributed by atoms with E-state index in [1.165, 1.54) is 12.8 Å². The molecule has 20 heavy (non-hydrogen) atoms. The van der Waals surface area contributed by atoms with Crippen LogP contribution in [0, 0.1) is 5.92 Å². The normalized spacial score (nSPS) is 19.2. The summed E-state index contributed by atoms with van der Waals surface area (Å²) in [6, 6.07) is 5.43. The van der Waals surface area contributed by atoms with E-state index in [1.807, 2.05) is 6.07 Å². The van der Waals surface area contributed by atoms with Crippen molar-refractivity contribution in [2.45, 2.75) is 26.3 Å². The molecule has 0 aromatic heterocycles. The molecular formula is C16H26N2O2. The number of methoxy groups -OCH3 is 1. The number of rotatable bonds is 6. The second-order valence-electron chi connectivity index (χ2n) is 5.53. The van der Waals surface area contributed by atoms with Crippen molar-refractivity contribution in [3.63, 3.8) is 0 Å². The molecule has 1 aliphatic rings. The Labute approximate surface area is 121 Å². The Morgan fingerprint density at radius 3 is 2.95 bits per heavy atom. The van der Waals surface area contributed by atoms with Crippen LogP contribution in [0.5, 0.6) is 11.5 Å². The monoisotopic (exact) mass is 278 g/mol. The summed E-state index contributed by atoms with van der Waals surface area (Å²) in [4.78, 5) is 2.40. The fourth-order valence-corrected chi connectivity index (χ4v) is 2.81. The third-order valence-electron chi connectivity index (χ3n) is 4.04. The summed E-state index contributed by atoms with van der Waals surface area (Å²) in [6.07, 6.45) is 2.57. The molecule has 0 radical (unpaired) electrons. The van der Waals surface area contributed by atoms with E-state index in [1.54, 1.807) is 19.2 Å². The van der Waals surface area contributed by atoms with E-state index in [9.17, 15) is 5.11 Å². The molecule has 0 spiro atoms. The maximum atomic E-state index is 9.99.